The van der Waals surface area contributed by atoms with Crippen molar-refractivity contribution in [3.8, 4) is 17.2 Å². The van der Waals surface area contributed by atoms with E-state index >= 15 is 0 Å². The second-order valence-corrected chi connectivity index (χ2v) is 9.75. The minimum absolute atomic E-state index is 0.176. The van der Waals surface area contributed by atoms with Crippen LogP contribution in [0.2, 0.25) is 0 Å². The Morgan fingerprint density at radius 2 is 1.79 bits per heavy atom. The third kappa shape index (κ3) is 5.27. The first-order valence-corrected chi connectivity index (χ1v) is 11.5. The van der Waals surface area contributed by atoms with Gasteiger partial charge in [0.1, 0.15) is 29.6 Å². The molecule has 2 aromatic carbocycles. The summed E-state index contributed by atoms with van der Waals surface area (Å²) in [5.74, 6) is 2.37. The molecule has 3 aromatic rings. The summed E-state index contributed by atoms with van der Waals surface area (Å²) < 4.78 is 23.5. The number of carbonyl (C=O) groups excluding carboxylic acids is 1. The average Bonchev–Trinajstić information content (AvgIpc) is 2.74. The highest BCUT2D eigenvalue weighted by Gasteiger charge is 2.35. The van der Waals surface area contributed by atoms with Crippen LogP contribution in [0, 0.1) is 0 Å². The van der Waals surface area contributed by atoms with E-state index in [-0.39, 0.29) is 12.2 Å². The fourth-order valence-corrected chi connectivity index (χ4v) is 3.85. The van der Waals surface area contributed by atoms with Crippen molar-refractivity contribution in [2.75, 3.05) is 32.6 Å². The molecule has 180 valence electrons. The van der Waals surface area contributed by atoms with Gasteiger partial charge < -0.3 is 29.2 Å². The van der Waals surface area contributed by atoms with Gasteiger partial charge in [0.2, 0.25) is 0 Å². The van der Waals surface area contributed by atoms with Crippen molar-refractivity contribution in [3.05, 3.63) is 41.1 Å². The fourth-order valence-electron chi connectivity index (χ4n) is 3.49. The Morgan fingerprint density at radius 3 is 2.47 bits per heavy atom. The van der Waals surface area contributed by atoms with Crippen molar-refractivity contribution in [1.29, 1.82) is 0 Å². The minimum Gasteiger partial charge on any atom is -0.495 e. The maximum Gasteiger partial charge on any atom is 0.410 e. The maximum absolute atomic E-state index is 12.2. The topological polar surface area (TPSA) is 95.0 Å². The standard InChI is InChI=1S/C24H27BrN4O5/c1-24(2,3)34-23(30)29-11-15(12-29)33-21-9-16-17(10-20(21)32-5)26-13-27-22(16)28-18-8-14(25)6-7-19(18)31-4/h6-10,13,15H,11-12H2,1-5H3,(H,26,27,28). The molecular formula is C24H27BrN4O5. The summed E-state index contributed by atoms with van der Waals surface area (Å²) in [5.41, 5.74) is 0.909. The lowest BCUT2D eigenvalue weighted by Crippen LogP contribution is -2.57. The second-order valence-electron chi connectivity index (χ2n) is 8.84. The molecule has 2 heterocycles. The highest BCUT2D eigenvalue weighted by Crippen LogP contribution is 2.37. The molecular weight excluding hydrogens is 504 g/mol. The number of nitrogens with zero attached hydrogens (tertiary/aromatic N) is 3. The molecule has 1 aliphatic heterocycles. The number of rotatable bonds is 6. The molecule has 1 amide bonds. The normalized spacial score (nSPS) is 13.9. The number of nitrogens with one attached hydrogen (secondary N) is 1. The summed E-state index contributed by atoms with van der Waals surface area (Å²) in [4.78, 5) is 22.6. The second kappa shape index (κ2) is 9.54. The monoisotopic (exact) mass is 530 g/mol. The van der Waals surface area contributed by atoms with Gasteiger partial charge >= 0.3 is 6.09 Å². The zero-order valence-corrected chi connectivity index (χ0v) is 21.3. The van der Waals surface area contributed by atoms with E-state index in [1.165, 1.54) is 6.33 Å². The van der Waals surface area contributed by atoms with Crippen LogP contribution in [0.25, 0.3) is 10.9 Å². The molecule has 0 saturated carbocycles. The predicted octanol–water partition coefficient (Wildman–Crippen LogP) is 5.15. The van der Waals surface area contributed by atoms with E-state index in [0.29, 0.717) is 41.7 Å². The lowest BCUT2D eigenvalue weighted by atomic mass is 10.1. The van der Waals surface area contributed by atoms with Gasteiger partial charge in [-0.25, -0.2) is 14.8 Å². The Morgan fingerprint density at radius 1 is 1.06 bits per heavy atom. The summed E-state index contributed by atoms with van der Waals surface area (Å²) in [6.07, 6.45) is 0.963. The van der Waals surface area contributed by atoms with Gasteiger partial charge in [0, 0.05) is 15.9 Å². The predicted molar refractivity (Wildman–Crippen MR) is 132 cm³/mol. The van der Waals surface area contributed by atoms with Crippen LogP contribution in [0.1, 0.15) is 20.8 Å². The SMILES string of the molecule is COc1ccc(Br)cc1Nc1ncnc2cc(OC)c(OC3CN(C(=O)OC(C)(C)C)C3)cc12. The number of anilines is 2. The van der Waals surface area contributed by atoms with Crippen LogP contribution >= 0.6 is 15.9 Å². The van der Waals surface area contributed by atoms with Gasteiger partial charge in [-0.3, -0.25) is 0 Å². The number of likely N-dealkylation sites (tertiary alicyclic amines) is 1. The zero-order chi connectivity index (χ0) is 24.5. The van der Waals surface area contributed by atoms with Crippen LogP contribution in [-0.4, -0.2) is 60.0 Å². The molecule has 1 N–H and O–H groups in total. The van der Waals surface area contributed by atoms with Crippen LogP contribution in [0.4, 0.5) is 16.3 Å². The molecule has 1 aliphatic rings. The van der Waals surface area contributed by atoms with E-state index in [1.807, 2.05) is 45.0 Å². The Labute approximate surface area is 206 Å². The molecule has 0 atom stereocenters. The first-order chi connectivity index (χ1) is 16.2. The Hall–Kier alpha value is -3.27. The van der Waals surface area contributed by atoms with Gasteiger partial charge in [-0.1, -0.05) is 15.9 Å². The van der Waals surface area contributed by atoms with Crippen molar-refractivity contribution >= 4 is 44.4 Å². The number of hydrogen-bond donors (Lipinski definition) is 1. The first-order valence-electron chi connectivity index (χ1n) is 10.7. The number of methoxy groups -OCH3 is 2. The van der Waals surface area contributed by atoms with Crippen molar-refractivity contribution < 1.29 is 23.7 Å². The summed E-state index contributed by atoms with van der Waals surface area (Å²) in [6, 6.07) is 9.32. The zero-order valence-electron chi connectivity index (χ0n) is 19.7. The van der Waals surface area contributed by atoms with E-state index in [0.717, 1.165) is 15.5 Å². The third-order valence-corrected chi connectivity index (χ3v) is 5.62. The molecule has 1 saturated heterocycles. The third-order valence-electron chi connectivity index (χ3n) is 5.13. The molecule has 0 unspecified atom stereocenters. The quantitative estimate of drug-likeness (QED) is 0.467. The van der Waals surface area contributed by atoms with E-state index < -0.39 is 5.60 Å². The van der Waals surface area contributed by atoms with Crippen molar-refractivity contribution in [2.45, 2.75) is 32.5 Å². The number of aromatic nitrogens is 2. The van der Waals surface area contributed by atoms with Crippen LogP contribution in [0.5, 0.6) is 17.2 Å². The summed E-state index contributed by atoms with van der Waals surface area (Å²) in [5, 5.41) is 4.08. The number of ether oxygens (including phenoxy) is 4. The molecule has 0 bridgehead atoms. The number of amides is 1. The van der Waals surface area contributed by atoms with Crippen molar-refractivity contribution in [1.82, 2.24) is 14.9 Å². The van der Waals surface area contributed by atoms with Crippen LogP contribution < -0.4 is 19.5 Å². The fraction of sp³-hybridized carbons (Fsp3) is 0.375. The molecule has 9 nitrogen and oxygen atoms in total. The summed E-state index contributed by atoms with van der Waals surface area (Å²) >= 11 is 3.49. The van der Waals surface area contributed by atoms with Crippen LogP contribution in [-0.2, 0) is 4.74 Å². The maximum atomic E-state index is 12.2. The minimum atomic E-state index is -0.537. The average molecular weight is 531 g/mol. The summed E-state index contributed by atoms with van der Waals surface area (Å²) in [7, 11) is 3.19. The van der Waals surface area contributed by atoms with Crippen LogP contribution in [0.15, 0.2) is 41.1 Å². The lowest BCUT2D eigenvalue weighted by Gasteiger charge is -2.39. The van der Waals surface area contributed by atoms with Gasteiger partial charge in [-0.2, -0.15) is 0 Å². The van der Waals surface area contributed by atoms with E-state index in [2.05, 4.69) is 31.2 Å². The molecule has 10 heteroatoms. The Kier molecular flexibility index (Phi) is 6.70. The molecule has 4 rings (SSSR count). The number of fused-ring (bicyclic) bond motifs is 1. The first kappa shape index (κ1) is 23.9. The van der Waals surface area contributed by atoms with Gasteiger partial charge in [0.05, 0.1) is 38.5 Å². The number of carbonyl (C=O) groups is 1. The van der Waals surface area contributed by atoms with Gasteiger partial charge in [-0.15, -0.1) is 0 Å². The van der Waals surface area contributed by atoms with E-state index in [9.17, 15) is 4.79 Å². The largest absolute Gasteiger partial charge is 0.495 e. The molecule has 34 heavy (non-hydrogen) atoms. The molecule has 0 spiro atoms. The van der Waals surface area contributed by atoms with Gasteiger partial charge in [0.25, 0.3) is 0 Å². The highest BCUT2D eigenvalue weighted by molar-refractivity contribution is 9.10. The number of benzene rings is 2. The molecule has 1 aromatic heterocycles. The Balaban J connectivity index is 1.57. The smallest absolute Gasteiger partial charge is 0.410 e. The molecule has 1 fully saturated rings. The molecule has 0 radical (unpaired) electrons. The van der Waals surface area contributed by atoms with Gasteiger partial charge in [0.15, 0.2) is 11.5 Å². The van der Waals surface area contributed by atoms with E-state index in [1.54, 1.807) is 25.2 Å². The number of hydrogen-bond acceptors (Lipinski definition) is 8. The Bertz CT molecular complexity index is 1210. The van der Waals surface area contributed by atoms with E-state index in [4.69, 9.17) is 18.9 Å². The van der Waals surface area contributed by atoms with Crippen molar-refractivity contribution in [3.63, 3.8) is 0 Å². The van der Waals surface area contributed by atoms with Crippen molar-refractivity contribution in [2.24, 2.45) is 0 Å². The van der Waals surface area contributed by atoms with Gasteiger partial charge in [-0.05, 0) is 45.0 Å². The number of halogens is 1. The highest BCUT2D eigenvalue weighted by atomic mass is 79.9. The van der Waals surface area contributed by atoms with Crippen LogP contribution in [0.3, 0.4) is 0 Å². The summed E-state index contributed by atoms with van der Waals surface area (Å²) in [6.45, 7) is 6.39. The lowest BCUT2D eigenvalue weighted by molar-refractivity contribution is -0.0225. The molecule has 0 aliphatic carbocycles.